The van der Waals surface area contributed by atoms with Crippen molar-refractivity contribution in [1.29, 1.82) is 0 Å². The second kappa shape index (κ2) is 4.90. The van der Waals surface area contributed by atoms with Crippen LogP contribution in [-0.4, -0.2) is 6.91 Å². The van der Waals surface area contributed by atoms with Crippen molar-refractivity contribution in [3.63, 3.8) is 0 Å². The third-order valence-corrected chi connectivity index (χ3v) is 3.23. The number of nitrogens with two attached hydrogens (primary N) is 1. The fourth-order valence-electron chi connectivity index (χ4n) is 2.18. The predicted molar refractivity (Wildman–Crippen MR) is 79.4 cm³/mol. The standard InChI is InChI=1S/C15H15BN2O/c1-10-2-4-11(5-3-10)8-15-16-13-9-12(18-17)6-7-14(13)19-15/h2-7,9,18H,8,17H2,1H3. The van der Waals surface area contributed by atoms with E-state index in [1.807, 2.05) is 18.2 Å². The number of anilines is 1. The number of aryl methyl sites for hydroxylation is 1. The molecule has 1 heterocycles. The van der Waals surface area contributed by atoms with Gasteiger partial charge in [0, 0.05) is 0 Å². The Bertz CT molecular complexity index is 704. The molecule has 3 rings (SSSR count). The molecule has 3 nitrogen and oxygen atoms in total. The Hall–Kier alpha value is -2.07. The first-order chi connectivity index (χ1) is 9.24. The van der Waals surface area contributed by atoms with Gasteiger partial charge in [-0.3, -0.25) is 0 Å². The Morgan fingerprint density at radius 2 is 1.95 bits per heavy atom. The molecule has 3 aromatic rings. The van der Waals surface area contributed by atoms with E-state index in [-0.39, 0.29) is 0 Å². The van der Waals surface area contributed by atoms with Crippen LogP contribution < -0.4 is 11.3 Å². The molecular formula is C15H15BN2O. The van der Waals surface area contributed by atoms with Crippen molar-refractivity contribution < 1.29 is 4.42 Å². The zero-order valence-corrected chi connectivity index (χ0v) is 10.8. The monoisotopic (exact) mass is 250 g/mol. The van der Waals surface area contributed by atoms with Crippen molar-refractivity contribution in [2.75, 3.05) is 5.43 Å². The molecule has 0 fully saturated rings. The van der Waals surface area contributed by atoms with Crippen LogP contribution in [0.25, 0.3) is 10.9 Å². The van der Waals surface area contributed by atoms with Gasteiger partial charge in [0.15, 0.2) is 0 Å². The van der Waals surface area contributed by atoms with Gasteiger partial charge in [0.25, 0.3) is 0 Å². The number of nitrogen functional groups attached to an aromatic ring is 1. The van der Waals surface area contributed by atoms with Crippen LogP contribution in [0.5, 0.6) is 0 Å². The van der Waals surface area contributed by atoms with Crippen LogP contribution >= 0.6 is 0 Å². The number of hydrogen-bond acceptors (Lipinski definition) is 3. The van der Waals surface area contributed by atoms with Crippen LogP contribution in [0.2, 0.25) is 0 Å². The number of nitrogens with one attached hydrogen (secondary N) is 1. The molecule has 19 heavy (non-hydrogen) atoms. The summed E-state index contributed by atoms with van der Waals surface area (Å²) in [4.78, 5) is 0. The van der Waals surface area contributed by atoms with Gasteiger partial charge in [-0.2, -0.15) is 0 Å². The molecule has 4 heteroatoms. The van der Waals surface area contributed by atoms with Crippen molar-refractivity contribution in [2.45, 2.75) is 13.3 Å². The first kappa shape index (κ1) is 12.0. The van der Waals surface area contributed by atoms with E-state index < -0.39 is 0 Å². The summed E-state index contributed by atoms with van der Waals surface area (Å²) < 4.78 is 5.83. The maximum atomic E-state index is 5.83. The van der Waals surface area contributed by atoms with Crippen LogP contribution in [0.4, 0.5) is 5.69 Å². The van der Waals surface area contributed by atoms with Gasteiger partial charge in [-0.25, -0.2) is 0 Å². The molecule has 0 aliphatic heterocycles. The molecule has 3 N–H and O–H groups in total. The average Bonchev–Trinajstić information content (AvgIpc) is 2.82. The summed E-state index contributed by atoms with van der Waals surface area (Å²) in [5, 5.41) is 1.07. The van der Waals surface area contributed by atoms with Gasteiger partial charge in [0.05, 0.1) is 0 Å². The molecule has 1 aromatic heterocycles. The molecule has 0 radical (unpaired) electrons. The van der Waals surface area contributed by atoms with Crippen LogP contribution in [0.3, 0.4) is 0 Å². The number of rotatable bonds is 3. The number of hydrazine groups is 1. The number of hydrogen-bond donors (Lipinski definition) is 2. The van der Waals surface area contributed by atoms with E-state index in [2.05, 4.69) is 43.5 Å². The molecule has 0 atom stereocenters. The predicted octanol–water partition coefficient (Wildman–Crippen LogP) is 2.96. The molecule has 0 bridgehead atoms. The summed E-state index contributed by atoms with van der Waals surface area (Å²) in [5.41, 5.74) is 7.90. The molecule has 2 aromatic carbocycles. The van der Waals surface area contributed by atoms with Crippen LogP contribution in [-0.2, 0) is 6.42 Å². The summed E-state index contributed by atoms with van der Waals surface area (Å²) in [6.07, 6.45) is 0.806. The summed E-state index contributed by atoms with van der Waals surface area (Å²) in [6.45, 7) is 4.16. The summed E-state index contributed by atoms with van der Waals surface area (Å²) >= 11 is 0. The van der Waals surface area contributed by atoms with Crippen LogP contribution in [0.15, 0.2) is 46.9 Å². The fraction of sp³-hybridized carbons (Fsp3) is 0.133. The number of benzene rings is 2. The van der Waals surface area contributed by atoms with Crippen LogP contribution in [0, 0.1) is 6.92 Å². The molecule has 0 aliphatic rings. The average molecular weight is 250 g/mol. The molecule has 0 saturated carbocycles. The van der Waals surface area contributed by atoms with E-state index in [0.717, 1.165) is 28.6 Å². The number of fused-ring (bicyclic) bond motifs is 1. The zero-order valence-electron chi connectivity index (χ0n) is 10.8. The Morgan fingerprint density at radius 3 is 2.68 bits per heavy atom. The first-order valence-corrected chi connectivity index (χ1v) is 6.29. The minimum atomic E-state index is 0.806. The normalized spacial score (nSPS) is 10.6. The van der Waals surface area contributed by atoms with E-state index in [4.69, 9.17) is 10.3 Å². The Balaban J connectivity index is 1.90. The fourth-order valence-corrected chi connectivity index (χ4v) is 2.18. The first-order valence-electron chi connectivity index (χ1n) is 6.29. The van der Waals surface area contributed by atoms with Crippen molar-refractivity contribution in [2.24, 2.45) is 5.84 Å². The quantitative estimate of drug-likeness (QED) is 0.555. The van der Waals surface area contributed by atoms with Gasteiger partial charge in [-0.15, -0.1) is 0 Å². The van der Waals surface area contributed by atoms with Crippen molar-refractivity contribution in [1.82, 2.24) is 0 Å². The third kappa shape index (κ3) is 2.54. The van der Waals surface area contributed by atoms with E-state index in [1.165, 1.54) is 11.1 Å². The van der Waals surface area contributed by atoms with Crippen LogP contribution in [0.1, 0.15) is 16.8 Å². The van der Waals surface area contributed by atoms with Gasteiger partial charge in [0.1, 0.15) is 0 Å². The molecule has 0 unspecified atom stereocenters. The van der Waals surface area contributed by atoms with Gasteiger partial charge >= 0.3 is 112 Å². The Kier molecular flexibility index (Phi) is 3.09. The Labute approximate surface area is 112 Å². The van der Waals surface area contributed by atoms with Gasteiger partial charge in [0.2, 0.25) is 0 Å². The van der Waals surface area contributed by atoms with Crippen molar-refractivity contribution in [3.8, 4) is 0 Å². The maximum absolute atomic E-state index is 5.83. The van der Waals surface area contributed by atoms with Gasteiger partial charge in [-0.1, -0.05) is 0 Å². The van der Waals surface area contributed by atoms with E-state index in [0.29, 0.717) is 0 Å². The SMILES string of the molecule is Cc1ccc(Cc2bc3cc(NN)ccc3o2)cc1. The third-order valence-electron chi connectivity index (χ3n) is 3.23. The summed E-state index contributed by atoms with van der Waals surface area (Å²) in [7, 11) is 0. The molecule has 0 amide bonds. The second-order valence-electron chi connectivity index (χ2n) is 4.77. The topological polar surface area (TPSA) is 51.2 Å². The van der Waals surface area contributed by atoms with Gasteiger partial charge in [-0.05, 0) is 0 Å². The molecular weight excluding hydrogens is 235 g/mol. The van der Waals surface area contributed by atoms with E-state index in [9.17, 15) is 0 Å². The summed E-state index contributed by atoms with van der Waals surface area (Å²) in [5.74, 6) is 5.40. The molecule has 0 aliphatic carbocycles. The molecule has 0 saturated heterocycles. The minimum absolute atomic E-state index is 0.806. The molecule has 94 valence electrons. The Morgan fingerprint density at radius 1 is 1.16 bits per heavy atom. The van der Waals surface area contributed by atoms with E-state index in [1.54, 1.807) is 0 Å². The summed E-state index contributed by atoms with van der Waals surface area (Å²) in [6, 6.07) is 14.3. The van der Waals surface area contributed by atoms with Gasteiger partial charge < -0.3 is 0 Å². The molecule has 0 spiro atoms. The second-order valence-corrected chi connectivity index (χ2v) is 4.77. The van der Waals surface area contributed by atoms with Crippen molar-refractivity contribution >= 4 is 23.5 Å². The van der Waals surface area contributed by atoms with Crippen molar-refractivity contribution in [3.05, 3.63) is 59.2 Å². The zero-order chi connectivity index (χ0) is 13.2. The van der Waals surface area contributed by atoms with E-state index >= 15 is 0 Å².